The molecule has 1 saturated carbocycles. The summed E-state index contributed by atoms with van der Waals surface area (Å²) >= 11 is 0. The average Bonchev–Trinajstić information content (AvgIpc) is 2.75. The molecule has 1 aliphatic carbocycles. The second kappa shape index (κ2) is 8.68. The number of nitrogen functional groups attached to an aromatic ring is 1. The van der Waals surface area contributed by atoms with Gasteiger partial charge in [0, 0.05) is 29.6 Å². The van der Waals surface area contributed by atoms with E-state index in [0.717, 1.165) is 18.5 Å². The third kappa shape index (κ3) is 4.87. The second-order valence-corrected chi connectivity index (χ2v) is 7.24. The molecule has 1 aromatic carbocycles. The van der Waals surface area contributed by atoms with Gasteiger partial charge < -0.3 is 16.4 Å². The lowest BCUT2D eigenvalue weighted by Crippen LogP contribution is -2.24. The molecule has 4 N–H and O–H groups in total. The summed E-state index contributed by atoms with van der Waals surface area (Å²) in [5.74, 6) is 0.654. The van der Waals surface area contributed by atoms with E-state index in [1.807, 2.05) is 18.2 Å². The largest absolute Gasteiger partial charge is 0.399 e. The fourth-order valence-corrected chi connectivity index (χ4v) is 3.52. The molecule has 2 aromatic heterocycles. The number of nitrogens with one attached hydrogen (secondary N) is 2. The van der Waals surface area contributed by atoms with Gasteiger partial charge in [-0.3, -0.25) is 9.78 Å². The molecular weight excluding hydrogens is 364 g/mol. The monoisotopic (exact) mass is 388 g/mol. The van der Waals surface area contributed by atoms with E-state index in [9.17, 15) is 4.79 Å². The van der Waals surface area contributed by atoms with Crippen LogP contribution in [0.15, 0.2) is 54.7 Å². The second-order valence-electron chi connectivity index (χ2n) is 7.24. The summed E-state index contributed by atoms with van der Waals surface area (Å²) in [4.78, 5) is 26.2. The lowest BCUT2D eigenvalue weighted by atomic mass is 9.96. The van der Waals surface area contributed by atoms with Gasteiger partial charge in [-0.2, -0.15) is 4.98 Å². The summed E-state index contributed by atoms with van der Waals surface area (Å²) in [5, 5.41) is 6.29. The van der Waals surface area contributed by atoms with Crippen molar-refractivity contribution >= 4 is 23.4 Å². The van der Waals surface area contributed by atoms with Crippen LogP contribution in [0.5, 0.6) is 0 Å². The van der Waals surface area contributed by atoms with Crippen LogP contribution in [0, 0.1) is 0 Å². The molecule has 29 heavy (non-hydrogen) atoms. The molecule has 0 atom stereocenters. The third-order valence-electron chi connectivity index (χ3n) is 4.98. The molecule has 1 amide bonds. The molecule has 0 unspecified atom stereocenters. The number of aromatic nitrogens is 3. The van der Waals surface area contributed by atoms with Crippen LogP contribution < -0.4 is 16.4 Å². The maximum Gasteiger partial charge on any atom is 0.256 e. The number of nitrogens with zero attached hydrogens (tertiary/aromatic N) is 3. The van der Waals surface area contributed by atoms with E-state index in [4.69, 9.17) is 5.73 Å². The first kappa shape index (κ1) is 18.9. The predicted molar refractivity (Wildman–Crippen MR) is 115 cm³/mol. The number of amides is 1. The fourth-order valence-electron chi connectivity index (χ4n) is 3.52. The van der Waals surface area contributed by atoms with Crippen LogP contribution in [0.3, 0.4) is 0 Å². The number of carbonyl (C=O) groups excluding carboxylic acids is 1. The number of benzene rings is 1. The number of anilines is 3. The highest BCUT2D eigenvalue weighted by atomic mass is 16.1. The van der Waals surface area contributed by atoms with Gasteiger partial charge in [0.1, 0.15) is 5.82 Å². The summed E-state index contributed by atoms with van der Waals surface area (Å²) in [6, 6.07) is 14.6. The van der Waals surface area contributed by atoms with Crippen LogP contribution in [0.25, 0.3) is 11.4 Å². The molecule has 0 aliphatic heterocycles. The minimum absolute atomic E-state index is 0.272. The topological polar surface area (TPSA) is 106 Å². The van der Waals surface area contributed by atoms with Gasteiger partial charge in [-0.15, -0.1) is 0 Å². The van der Waals surface area contributed by atoms with Crippen molar-refractivity contribution in [2.24, 2.45) is 0 Å². The number of hydrogen-bond acceptors (Lipinski definition) is 6. The highest BCUT2D eigenvalue weighted by Crippen LogP contribution is 2.24. The number of rotatable bonds is 5. The Morgan fingerprint density at radius 1 is 0.966 bits per heavy atom. The van der Waals surface area contributed by atoms with Gasteiger partial charge in [0.05, 0.1) is 11.4 Å². The Morgan fingerprint density at radius 3 is 2.59 bits per heavy atom. The highest BCUT2D eigenvalue weighted by Gasteiger charge is 2.17. The van der Waals surface area contributed by atoms with E-state index in [2.05, 4.69) is 25.6 Å². The van der Waals surface area contributed by atoms with Crippen LogP contribution in [-0.2, 0) is 0 Å². The maximum absolute atomic E-state index is 12.7. The number of nitrogens with two attached hydrogens (primary N) is 1. The summed E-state index contributed by atoms with van der Waals surface area (Å²) in [6.45, 7) is 0. The molecule has 3 aromatic rings. The van der Waals surface area contributed by atoms with Crippen LogP contribution in [0.2, 0.25) is 0 Å². The fraction of sp³-hybridized carbons (Fsp3) is 0.273. The molecule has 4 rings (SSSR count). The van der Waals surface area contributed by atoms with E-state index in [-0.39, 0.29) is 5.91 Å². The summed E-state index contributed by atoms with van der Waals surface area (Å²) in [5.41, 5.74) is 8.18. The Labute approximate surface area is 169 Å². The molecule has 148 valence electrons. The first-order valence-electron chi connectivity index (χ1n) is 9.91. The zero-order valence-electron chi connectivity index (χ0n) is 16.1. The van der Waals surface area contributed by atoms with E-state index in [0.29, 0.717) is 34.8 Å². The molecular formula is C22H24N6O. The van der Waals surface area contributed by atoms with Crippen molar-refractivity contribution in [3.8, 4) is 11.4 Å². The first-order chi connectivity index (χ1) is 14.2. The quantitative estimate of drug-likeness (QED) is 0.568. The minimum atomic E-state index is -0.272. The van der Waals surface area contributed by atoms with Gasteiger partial charge in [0.25, 0.3) is 5.91 Å². The molecule has 0 radical (unpaired) electrons. The van der Waals surface area contributed by atoms with Crippen molar-refractivity contribution in [3.63, 3.8) is 0 Å². The van der Waals surface area contributed by atoms with Crippen molar-refractivity contribution in [1.29, 1.82) is 0 Å². The highest BCUT2D eigenvalue weighted by molar-refractivity contribution is 6.04. The predicted octanol–water partition coefficient (Wildman–Crippen LogP) is 4.12. The number of pyridine rings is 1. The van der Waals surface area contributed by atoms with Gasteiger partial charge in [-0.05, 0) is 43.2 Å². The SMILES string of the molecule is Nc1cccc(C(=O)Nc2cc(-c3ccccn3)nc(NC3CCCCC3)n2)c1. The summed E-state index contributed by atoms with van der Waals surface area (Å²) in [7, 11) is 0. The molecule has 7 nitrogen and oxygen atoms in total. The zero-order chi connectivity index (χ0) is 20.1. The van der Waals surface area contributed by atoms with Gasteiger partial charge in [0.2, 0.25) is 5.95 Å². The van der Waals surface area contributed by atoms with Gasteiger partial charge in [-0.1, -0.05) is 31.4 Å². The van der Waals surface area contributed by atoms with E-state index >= 15 is 0 Å². The van der Waals surface area contributed by atoms with Crippen molar-refractivity contribution in [2.75, 3.05) is 16.4 Å². The van der Waals surface area contributed by atoms with Crippen molar-refractivity contribution in [1.82, 2.24) is 15.0 Å². The first-order valence-corrected chi connectivity index (χ1v) is 9.91. The standard InChI is InChI=1S/C22H24N6O/c23-16-8-6-7-15(13-16)21(29)27-20-14-19(18-11-4-5-12-24-18)26-22(28-20)25-17-9-2-1-3-10-17/h4-8,11-14,17H,1-3,9-10,23H2,(H2,25,26,27,28,29). The number of carbonyl (C=O) groups is 1. The Morgan fingerprint density at radius 2 is 1.83 bits per heavy atom. The lowest BCUT2D eigenvalue weighted by Gasteiger charge is -2.23. The van der Waals surface area contributed by atoms with E-state index in [1.165, 1.54) is 19.3 Å². The zero-order valence-corrected chi connectivity index (χ0v) is 16.1. The molecule has 1 fully saturated rings. The Balaban J connectivity index is 1.62. The molecule has 2 heterocycles. The van der Waals surface area contributed by atoms with Crippen LogP contribution in [0.1, 0.15) is 42.5 Å². The van der Waals surface area contributed by atoms with Crippen molar-refractivity contribution in [3.05, 3.63) is 60.3 Å². The lowest BCUT2D eigenvalue weighted by molar-refractivity contribution is 0.102. The molecule has 1 aliphatic rings. The van der Waals surface area contributed by atoms with E-state index < -0.39 is 0 Å². The number of hydrogen-bond donors (Lipinski definition) is 3. The van der Waals surface area contributed by atoms with Crippen molar-refractivity contribution in [2.45, 2.75) is 38.1 Å². The molecule has 7 heteroatoms. The van der Waals surface area contributed by atoms with Crippen molar-refractivity contribution < 1.29 is 4.79 Å². The molecule has 0 saturated heterocycles. The summed E-state index contributed by atoms with van der Waals surface area (Å²) in [6.07, 6.45) is 7.60. The minimum Gasteiger partial charge on any atom is -0.399 e. The Kier molecular flexibility index (Phi) is 5.65. The van der Waals surface area contributed by atoms with Crippen LogP contribution in [0.4, 0.5) is 17.5 Å². The average molecular weight is 388 g/mol. The Hall–Kier alpha value is -3.48. The maximum atomic E-state index is 12.7. The van der Waals surface area contributed by atoms with Gasteiger partial charge in [0.15, 0.2) is 0 Å². The van der Waals surface area contributed by atoms with Crippen LogP contribution >= 0.6 is 0 Å². The smallest absolute Gasteiger partial charge is 0.256 e. The third-order valence-corrected chi connectivity index (χ3v) is 4.98. The molecule has 0 bridgehead atoms. The van der Waals surface area contributed by atoms with E-state index in [1.54, 1.807) is 36.5 Å². The normalized spacial score (nSPS) is 14.3. The Bertz CT molecular complexity index is 986. The van der Waals surface area contributed by atoms with Gasteiger partial charge >= 0.3 is 0 Å². The molecule has 0 spiro atoms. The summed E-state index contributed by atoms with van der Waals surface area (Å²) < 4.78 is 0. The van der Waals surface area contributed by atoms with Crippen LogP contribution in [-0.4, -0.2) is 26.9 Å². The van der Waals surface area contributed by atoms with Gasteiger partial charge in [-0.25, -0.2) is 4.98 Å².